The molecule has 1 aromatic carbocycles. The number of methoxy groups -OCH3 is 1. The quantitative estimate of drug-likeness (QED) is 0.883. The second-order valence-electron chi connectivity index (χ2n) is 7.66. The van der Waals surface area contributed by atoms with Crippen molar-refractivity contribution in [1.82, 2.24) is 10.2 Å². The Kier molecular flexibility index (Phi) is 5.08. The van der Waals surface area contributed by atoms with Crippen molar-refractivity contribution in [2.75, 3.05) is 7.11 Å². The lowest BCUT2D eigenvalue weighted by molar-refractivity contribution is -0.00993. The van der Waals surface area contributed by atoms with Crippen molar-refractivity contribution >= 4 is 6.09 Å². The van der Waals surface area contributed by atoms with Crippen LogP contribution in [-0.4, -0.2) is 46.5 Å². The minimum absolute atomic E-state index is 0.149. The van der Waals surface area contributed by atoms with Gasteiger partial charge in [0.1, 0.15) is 11.9 Å². The lowest BCUT2D eigenvalue weighted by Gasteiger charge is -2.51. The molecule has 1 aliphatic rings. The zero-order valence-corrected chi connectivity index (χ0v) is 15.0. The summed E-state index contributed by atoms with van der Waals surface area (Å²) in [6.07, 6.45) is -1.98. The number of nitrogens with zero attached hydrogens (tertiary/aromatic N) is 1. The number of hydrogen-bond donors (Lipinski definition) is 2. The summed E-state index contributed by atoms with van der Waals surface area (Å²) in [5.74, 6) is 0.702. The molecule has 0 aliphatic carbocycles. The summed E-state index contributed by atoms with van der Waals surface area (Å²) in [7, 11) is 1.57. The molecule has 0 spiro atoms. The topological polar surface area (TPSA) is 61.8 Å². The molecule has 0 saturated carbocycles. The van der Waals surface area contributed by atoms with Gasteiger partial charge >= 0.3 is 6.09 Å². The lowest BCUT2D eigenvalue weighted by atomic mass is 9.77. The molecule has 6 heteroatoms. The molecule has 1 saturated heterocycles. The van der Waals surface area contributed by atoms with Gasteiger partial charge in [-0.2, -0.15) is 0 Å². The molecule has 2 rings (SSSR count). The standard InChI is InChI=1S/C18H27FN2O3/c1-17(2)10-14(15(19)18(3,4)20-17)21(16(22)23)11-12-6-8-13(24-5)9-7-12/h6-9,14-15,20H,10-11H2,1-5H3,(H,22,23)/t14-,15-/m1/s1. The van der Waals surface area contributed by atoms with E-state index in [-0.39, 0.29) is 12.1 Å². The molecule has 1 fully saturated rings. The second kappa shape index (κ2) is 6.59. The first-order valence-corrected chi connectivity index (χ1v) is 8.12. The van der Waals surface area contributed by atoms with Crippen molar-refractivity contribution in [1.29, 1.82) is 0 Å². The second-order valence-corrected chi connectivity index (χ2v) is 7.66. The van der Waals surface area contributed by atoms with Crippen LogP contribution < -0.4 is 10.1 Å². The average molecular weight is 338 g/mol. The summed E-state index contributed by atoms with van der Waals surface area (Å²) in [4.78, 5) is 13.0. The van der Waals surface area contributed by atoms with Crippen LogP contribution in [0.2, 0.25) is 0 Å². The van der Waals surface area contributed by atoms with E-state index in [0.717, 1.165) is 5.56 Å². The summed E-state index contributed by atoms with van der Waals surface area (Å²) in [5, 5.41) is 12.9. The smallest absolute Gasteiger partial charge is 0.407 e. The SMILES string of the molecule is COc1ccc(CN(C(=O)O)[C@@H]2CC(C)(C)NC(C)(C)[C@@H]2F)cc1. The Balaban J connectivity index is 2.26. The highest BCUT2D eigenvalue weighted by atomic mass is 19.1. The van der Waals surface area contributed by atoms with Crippen LogP contribution in [0.3, 0.4) is 0 Å². The van der Waals surface area contributed by atoms with E-state index in [1.54, 1.807) is 45.2 Å². The molecule has 0 aromatic heterocycles. The first-order valence-electron chi connectivity index (χ1n) is 8.12. The minimum atomic E-state index is -1.29. The predicted octanol–water partition coefficient (Wildman–Crippen LogP) is 3.43. The van der Waals surface area contributed by atoms with Crippen LogP contribution in [0, 0.1) is 0 Å². The van der Waals surface area contributed by atoms with Gasteiger partial charge < -0.3 is 15.2 Å². The van der Waals surface area contributed by atoms with E-state index in [1.807, 2.05) is 13.8 Å². The van der Waals surface area contributed by atoms with E-state index >= 15 is 4.39 Å². The molecular weight excluding hydrogens is 311 g/mol. The van der Waals surface area contributed by atoms with E-state index in [2.05, 4.69) is 5.32 Å². The number of amides is 1. The first kappa shape index (κ1) is 18.5. The average Bonchev–Trinajstić information content (AvgIpc) is 2.48. The number of ether oxygens (including phenoxy) is 1. The van der Waals surface area contributed by atoms with Crippen molar-refractivity contribution in [2.45, 2.75) is 64.0 Å². The molecule has 0 unspecified atom stereocenters. The van der Waals surface area contributed by atoms with Gasteiger partial charge in [0.05, 0.1) is 13.2 Å². The Morgan fingerprint density at radius 1 is 1.33 bits per heavy atom. The molecule has 0 bridgehead atoms. The maximum absolute atomic E-state index is 15.0. The number of nitrogens with one attached hydrogen (secondary N) is 1. The number of piperidine rings is 1. The summed E-state index contributed by atoms with van der Waals surface area (Å²) in [6.45, 7) is 7.65. The predicted molar refractivity (Wildman–Crippen MR) is 91.2 cm³/mol. The van der Waals surface area contributed by atoms with E-state index in [9.17, 15) is 9.90 Å². The van der Waals surface area contributed by atoms with Crippen LogP contribution in [0.5, 0.6) is 5.75 Å². The van der Waals surface area contributed by atoms with Gasteiger partial charge in [0.15, 0.2) is 0 Å². The van der Waals surface area contributed by atoms with Crippen LogP contribution in [0.25, 0.3) is 0 Å². The van der Waals surface area contributed by atoms with Gasteiger partial charge in [-0.25, -0.2) is 9.18 Å². The molecule has 1 aliphatic heterocycles. The number of hydrogen-bond acceptors (Lipinski definition) is 3. The van der Waals surface area contributed by atoms with Crippen molar-refractivity contribution in [3.05, 3.63) is 29.8 Å². The molecular formula is C18H27FN2O3. The van der Waals surface area contributed by atoms with E-state index in [1.165, 1.54) is 4.90 Å². The van der Waals surface area contributed by atoms with Crippen LogP contribution in [0.4, 0.5) is 9.18 Å². The zero-order valence-electron chi connectivity index (χ0n) is 15.0. The molecule has 1 aromatic rings. The maximum Gasteiger partial charge on any atom is 0.407 e. The number of rotatable bonds is 4. The normalized spacial score (nSPS) is 25.1. The van der Waals surface area contributed by atoms with Crippen molar-refractivity contribution in [2.24, 2.45) is 0 Å². The fourth-order valence-electron chi connectivity index (χ4n) is 3.62. The lowest BCUT2D eigenvalue weighted by Crippen LogP contribution is -2.69. The third-order valence-electron chi connectivity index (χ3n) is 4.57. The first-order chi connectivity index (χ1) is 11.1. The van der Waals surface area contributed by atoms with Gasteiger partial charge in [0.25, 0.3) is 0 Å². The van der Waals surface area contributed by atoms with Crippen LogP contribution >= 0.6 is 0 Å². The Bertz CT molecular complexity index is 586. The third kappa shape index (κ3) is 3.98. The van der Waals surface area contributed by atoms with Gasteiger partial charge in [-0.15, -0.1) is 0 Å². The molecule has 0 radical (unpaired) electrons. The number of benzene rings is 1. The number of carbonyl (C=O) groups is 1. The van der Waals surface area contributed by atoms with Crippen LogP contribution in [-0.2, 0) is 6.54 Å². The summed E-state index contributed by atoms with van der Waals surface area (Å²) in [5.41, 5.74) is -0.329. The zero-order chi connectivity index (χ0) is 18.1. The molecule has 5 nitrogen and oxygen atoms in total. The molecule has 134 valence electrons. The third-order valence-corrected chi connectivity index (χ3v) is 4.57. The molecule has 1 amide bonds. The van der Waals surface area contributed by atoms with Crippen LogP contribution in [0.1, 0.15) is 39.7 Å². The Morgan fingerprint density at radius 2 is 1.92 bits per heavy atom. The molecule has 1 heterocycles. The highest BCUT2D eigenvalue weighted by Gasteiger charge is 2.49. The number of halogens is 1. The Morgan fingerprint density at radius 3 is 2.42 bits per heavy atom. The fraction of sp³-hybridized carbons (Fsp3) is 0.611. The maximum atomic E-state index is 15.0. The van der Waals surface area contributed by atoms with E-state index < -0.39 is 23.8 Å². The summed E-state index contributed by atoms with van der Waals surface area (Å²) < 4.78 is 20.1. The van der Waals surface area contributed by atoms with Gasteiger partial charge in [-0.3, -0.25) is 4.90 Å². The van der Waals surface area contributed by atoms with Gasteiger partial charge in [0.2, 0.25) is 0 Å². The summed E-state index contributed by atoms with van der Waals surface area (Å²) >= 11 is 0. The van der Waals surface area contributed by atoms with E-state index in [0.29, 0.717) is 12.2 Å². The van der Waals surface area contributed by atoms with Gasteiger partial charge in [-0.05, 0) is 51.8 Å². The van der Waals surface area contributed by atoms with E-state index in [4.69, 9.17) is 4.74 Å². The Labute approximate surface area is 142 Å². The Hall–Kier alpha value is -1.82. The molecule has 2 atom stereocenters. The highest BCUT2D eigenvalue weighted by molar-refractivity contribution is 5.65. The molecule has 24 heavy (non-hydrogen) atoms. The number of carboxylic acid groups (broad SMARTS) is 1. The van der Waals surface area contributed by atoms with Crippen molar-refractivity contribution < 1.29 is 19.0 Å². The van der Waals surface area contributed by atoms with Crippen molar-refractivity contribution in [3.8, 4) is 5.75 Å². The highest BCUT2D eigenvalue weighted by Crippen LogP contribution is 2.34. The number of alkyl halides is 1. The largest absolute Gasteiger partial charge is 0.497 e. The summed E-state index contributed by atoms with van der Waals surface area (Å²) in [6, 6.07) is 6.46. The monoisotopic (exact) mass is 338 g/mol. The van der Waals surface area contributed by atoms with Gasteiger partial charge in [0, 0.05) is 17.6 Å². The molecule has 2 N–H and O–H groups in total. The minimum Gasteiger partial charge on any atom is -0.497 e. The van der Waals surface area contributed by atoms with Crippen LogP contribution in [0.15, 0.2) is 24.3 Å². The van der Waals surface area contributed by atoms with Gasteiger partial charge in [-0.1, -0.05) is 12.1 Å². The van der Waals surface area contributed by atoms with Crippen molar-refractivity contribution in [3.63, 3.8) is 0 Å². The fourth-order valence-corrected chi connectivity index (χ4v) is 3.62.